The fourth-order valence-electron chi connectivity index (χ4n) is 2.00. The van der Waals surface area contributed by atoms with Crippen molar-refractivity contribution >= 4 is 52.1 Å². The first-order valence-corrected chi connectivity index (χ1v) is 8.86. The maximum absolute atomic E-state index is 11.9. The molecule has 4 nitrogen and oxygen atoms in total. The van der Waals surface area contributed by atoms with Crippen LogP contribution in [-0.2, 0) is 4.79 Å². The van der Waals surface area contributed by atoms with Crippen molar-refractivity contribution in [3.8, 4) is 5.75 Å². The van der Waals surface area contributed by atoms with Crippen molar-refractivity contribution < 1.29 is 9.53 Å². The van der Waals surface area contributed by atoms with E-state index in [0.717, 1.165) is 11.3 Å². The molecule has 0 aliphatic rings. The molecular weight excluding hydrogens is 379 g/mol. The molecule has 7 heteroatoms. The molecule has 0 aliphatic carbocycles. The number of carbonyl (C=O) groups is 1. The number of anilines is 1. The van der Waals surface area contributed by atoms with Gasteiger partial charge in [0.25, 0.3) is 0 Å². The zero-order chi connectivity index (χ0) is 18.2. The lowest BCUT2D eigenvalue weighted by molar-refractivity contribution is -0.119. The molecule has 2 aromatic rings. The topological polar surface area (TPSA) is 50.4 Å². The molecule has 132 valence electrons. The smallest absolute Gasteiger partial charge is 0.226 e. The van der Waals surface area contributed by atoms with Crippen LogP contribution in [0.1, 0.15) is 18.4 Å². The molecule has 2 rings (SSSR count). The van der Waals surface area contributed by atoms with Gasteiger partial charge in [-0.05, 0) is 55.9 Å². The van der Waals surface area contributed by atoms with Crippen molar-refractivity contribution in [3.63, 3.8) is 0 Å². The number of aryl methyl sites for hydroxylation is 1. The minimum absolute atomic E-state index is 0.171. The van der Waals surface area contributed by atoms with Crippen molar-refractivity contribution in [2.24, 2.45) is 0 Å². The Hall–Kier alpha value is -1.82. The van der Waals surface area contributed by atoms with Gasteiger partial charge in [-0.1, -0.05) is 40.9 Å². The molecule has 0 fully saturated rings. The molecule has 0 saturated carbocycles. The Kier molecular flexibility index (Phi) is 7.50. The first kappa shape index (κ1) is 19.5. The van der Waals surface area contributed by atoms with Crippen LogP contribution in [0.5, 0.6) is 5.75 Å². The number of hydrogen-bond donors (Lipinski definition) is 2. The van der Waals surface area contributed by atoms with Crippen molar-refractivity contribution in [1.29, 1.82) is 0 Å². The number of halogens is 2. The van der Waals surface area contributed by atoms with E-state index in [4.69, 9.17) is 40.2 Å². The van der Waals surface area contributed by atoms with Crippen LogP contribution in [0.2, 0.25) is 10.0 Å². The SMILES string of the molecule is Cc1ccc(NC(=S)NC(=O)CCCOc2ccc(Cl)cc2Cl)cc1. The largest absolute Gasteiger partial charge is 0.492 e. The van der Waals surface area contributed by atoms with Crippen molar-refractivity contribution in [1.82, 2.24) is 5.32 Å². The highest BCUT2D eigenvalue weighted by molar-refractivity contribution is 7.80. The lowest BCUT2D eigenvalue weighted by Gasteiger charge is -2.10. The molecule has 0 atom stereocenters. The average molecular weight is 397 g/mol. The lowest BCUT2D eigenvalue weighted by Crippen LogP contribution is -2.34. The van der Waals surface area contributed by atoms with E-state index >= 15 is 0 Å². The van der Waals surface area contributed by atoms with Gasteiger partial charge in [-0.2, -0.15) is 0 Å². The number of hydrogen-bond acceptors (Lipinski definition) is 3. The summed E-state index contributed by atoms with van der Waals surface area (Å²) in [6.07, 6.45) is 0.832. The third-order valence-electron chi connectivity index (χ3n) is 3.26. The minimum atomic E-state index is -0.171. The van der Waals surface area contributed by atoms with E-state index in [1.165, 1.54) is 0 Å². The molecule has 0 unspecified atom stereocenters. The second kappa shape index (κ2) is 9.61. The maximum atomic E-state index is 11.9. The van der Waals surface area contributed by atoms with Crippen LogP contribution >= 0.6 is 35.4 Å². The molecule has 0 spiro atoms. The Bertz CT molecular complexity index is 751. The zero-order valence-corrected chi connectivity index (χ0v) is 16.0. The van der Waals surface area contributed by atoms with Gasteiger partial charge in [-0.25, -0.2) is 0 Å². The minimum Gasteiger partial charge on any atom is -0.492 e. The van der Waals surface area contributed by atoms with E-state index in [1.807, 2.05) is 31.2 Å². The summed E-state index contributed by atoms with van der Waals surface area (Å²) >= 11 is 17.0. The Morgan fingerprint density at radius 2 is 1.88 bits per heavy atom. The highest BCUT2D eigenvalue weighted by Gasteiger charge is 2.06. The predicted octanol–water partition coefficient (Wildman–Crippen LogP) is 4.97. The van der Waals surface area contributed by atoms with Gasteiger partial charge >= 0.3 is 0 Å². The van der Waals surface area contributed by atoms with E-state index in [-0.39, 0.29) is 11.0 Å². The molecule has 0 radical (unpaired) electrons. The van der Waals surface area contributed by atoms with Gasteiger partial charge in [-0.3, -0.25) is 4.79 Å². The van der Waals surface area contributed by atoms with Crippen LogP contribution in [0, 0.1) is 6.92 Å². The molecule has 25 heavy (non-hydrogen) atoms. The highest BCUT2D eigenvalue weighted by Crippen LogP contribution is 2.27. The summed E-state index contributed by atoms with van der Waals surface area (Å²) in [4.78, 5) is 11.9. The maximum Gasteiger partial charge on any atom is 0.226 e. The van der Waals surface area contributed by atoms with Gasteiger partial charge in [0, 0.05) is 17.1 Å². The van der Waals surface area contributed by atoms with Crippen LogP contribution < -0.4 is 15.4 Å². The number of rotatable bonds is 6. The lowest BCUT2D eigenvalue weighted by atomic mass is 10.2. The average Bonchev–Trinajstić information content (AvgIpc) is 2.55. The van der Waals surface area contributed by atoms with Crippen molar-refractivity contribution in [3.05, 3.63) is 58.1 Å². The highest BCUT2D eigenvalue weighted by atomic mass is 35.5. The Balaban J connectivity index is 1.68. The summed E-state index contributed by atoms with van der Waals surface area (Å²) in [6, 6.07) is 12.7. The van der Waals surface area contributed by atoms with E-state index in [2.05, 4.69) is 10.6 Å². The van der Waals surface area contributed by atoms with E-state index in [9.17, 15) is 4.79 Å². The Labute approximate surface area is 162 Å². The van der Waals surface area contributed by atoms with Crippen molar-refractivity contribution in [2.75, 3.05) is 11.9 Å². The van der Waals surface area contributed by atoms with Crippen LogP contribution in [0.15, 0.2) is 42.5 Å². The summed E-state index contributed by atoms with van der Waals surface area (Å²) in [5.41, 5.74) is 1.98. The summed E-state index contributed by atoms with van der Waals surface area (Å²) in [6.45, 7) is 2.37. The second-order valence-corrected chi connectivity index (χ2v) is 6.65. The number of ether oxygens (including phenoxy) is 1. The van der Waals surface area contributed by atoms with E-state index < -0.39 is 0 Å². The van der Waals surface area contributed by atoms with E-state index in [1.54, 1.807) is 18.2 Å². The summed E-state index contributed by atoms with van der Waals surface area (Å²) < 4.78 is 5.53. The van der Waals surface area contributed by atoms with Gasteiger partial charge < -0.3 is 15.4 Å². The van der Waals surface area contributed by atoms with Crippen LogP contribution in [0.4, 0.5) is 5.69 Å². The molecular formula is C18H18Cl2N2O2S. The van der Waals surface area contributed by atoms with Crippen molar-refractivity contribution in [2.45, 2.75) is 19.8 Å². The fraction of sp³-hybridized carbons (Fsp3) is 0.222. The molecule has 0 saturated heterocycles. The Morgan fingerprint density at radius 1 is 1.16 bits per heavy atom. The molecule has 1 amide bonds. The normalized spacial score (nSPS) is 10.2. The van der Waals surface area contributed by atoms with Crippen LogP contribution in [0.25, 0.3) is 0 Å². The van der Waals surface area contributed by atoms with Crippen LogP contribution in [0.3, 0.4) is 0 Å². The molecule has 0 aliphatic heterocycles. The summed E-state index contributed by atoms with van der Waals surface area (Å²) in [5, 5.41) is 6.88. The first-order valence-electron chi connectivity index (χ1n) is 7.69. The molecule has 2 N–H and O–H groups in total. The second-order valence-electron chi connectivity index (χ2n) is 5.40. The number of thiocarbonyl (C=S) groups is 1. The third-order valence-corrected chi connectivity index (χ3v) is 4.00. The number of nitrogens with one attached hydrogen (secondary N) is 2. The summed E-state index contributed by atoms with van der Waals surface area (Å²) in [7, 11) is 0. The third kappa shape index (κ3) is 6.90. The van der Waals surface area contributed by atoms with Gasteiger partial charge in [0.2, 0.25) is 5.91 Å². The zero-order valence-electron chi connectivity index (χ0n) is 13.6. The first-order chi connectivity index (χ1) is 11.9. The van der Waals surface area contributed by atoms with Gasteiger partial charge in [-0.15, -0.1) is 0 Å². The van der Waals surface area contributed by atoms with Gasteiger partial charge in [0.1, 0.15) is 5.75 Å². The number of amides is 1. The van der Waals surface area contributed by atoms with Gasteiger partial charge in [0.05, 0.1) is 11.6 Å². The molecule has 0 aromatic heterocycles. The Morgan fingerprint density at radius 3 is 2.56 bits per heavy atom. The van der Waals surface area contributed by atoms with Crippen LogP contribution in [-0.4, -0.2) is 17.6 Å². The van der Waals surface area contributed by atoms with Gasteiger partial charge in [0.15, 0.2) is 5.11 Å². The number of carbonyl (C=O) groups excluding carboxylic acids is 1. The predicted molar refractivity (Wildman–Crippen MR) is 107 cm³/mol. The monoisotopic (exact) mass is 396 g/mol. The summed E-state index contributed by atoms with van der Waals surface area (Å²) in [5.74, 6) is 0.374. The number of benzene rings is 2. The van der Waals surface area contributed by atoms with E-state index in [0.29, 0.717) is 35.2 Å². The molecule has 0 bridgehead atoms. The molecule has 2 aromatic carbocycles. The molecule has 0 heterocycles. The fourth-order valence-corrected chi connectivity index (χ4v) is 2.69. The standard InChI is InChI=1S/C18H18Cl2N2O2S/c1-12-4-7-14(8-5-12)21-18(25)22-17(23)3-2-10-24-16-9-6-13(19)11-15(16)20/h4-9,11H,2-3,10H2,1H3,(H2,21,22,23,25). The quantitative estimate of drug-likeness (QED) is 0.534.